The van der Waals surface area contributed by atoms with Crippen molar-refractivity contribution in [3.05, 3.63) is 53.1 Å². The summed E-state index contributed by atoms with van der Waals surface area (Å²) < 4.78 is 10.2. The first kappa shape index (κ1) is 24.0. The Morgan fingerprint density at radius 2 is 1.74 bits per heavy atom. The number of amides is 3. The number of anilines is 1. The lowest BCUT2D eigenvalue weighted by Crippen LogP contribution is -2.35. The fourth-order valence-electron chi connectivity index (χ4n) is 2.75. The van der Waals surface area contributed by atoms with E-state index in [-0.39, 0.29) is 30.7 Å². The van der Waals surface area contributed by atoms with Gasteiger partial charge in [0.15, 0.2) is 0 Å². The number of carbonyl (C=O) groups excluding carboxylic acids is 3. The fourth-order valence-corrected chi connectivity index (χ4v) is 2.92. The van der Waals surface area contributed by atoms with Crippen molar-refractivity contribution in [1.82, 2.24) is 10.2 Å². The minimum Gasteiger partial charge on any atom is -0.497 e. The van der Waals surface area contributed by atoms with Crippen molar-refractivity contribution in [2.24, 2.45) is 0 Å². The molecule has 0 aliphatic rings. The topological polar surface area (TPSA) is 97.0 Å². The van der Waals surface area contributed by atoms with Crippen LogP contribution in [0.1, 0.15) is 23.2 Å². The summed E-state index contributed by atoms with van der Waals surface area (Å²) in [5.41, 5.74) is 0.944. The van der Waals surface area contributed by atoms with E-state index < -0.39 is 0 Å². The second-order valence-electron chi connectivity index (χ2n) is 6.73. The molecule has 2 aromatic carbocycles. The Kier molecular flexibility index (Phi) is 9.14. The molecule has 3 amide bonds. The number of carbonyl (C=O) groups is 3. The van der Waals surface area contributed by atoms with E-state index in [4.69, 9.17) is 21.1 Å². The van der Waals surface area contributed by atoms with Crippen LogP contribution in [-0.4, -0.2) is 57.0 Å². The van der Waals surface area contributed by atoms with Crippen molar-refractivity contribution < 1.29 is 23.9 Å². The second kappa shape index (κ2) is 11.8. The molecule has 0 bridgehead atoms. The highest BCUT2D eigenvalue weighted by Gasteiger charge is 2.15. The maximum absolute atomic E-state index is 12.3. The second-order valence-corrected chi connectivity index (χ2v) is 7.17. The van der Waals surface area contributed by atoms with Gasteiger partial charge in [0.1, 0.15) is 11.5 Å². The molecule has 0 unspecified atom stereocenters. The molecule has 0 aliphatic carbocycles. The molecule has 9 heteroatoms. The molecular formula is C22H26ClN3O5. The van der Waals surface area contributed by atoms with Crippen LogP contribution in [0.3, 0.4) is 0 Å². The SMILES string of the molecule is COc1ccc(C(=O)NCCCC(=O)N(C)CC(=O)Nc2cc(Cl)ccc2OC)cc1. The first-order valence-electron chi connectivity index (χ1n) is 9.63. The molecule has 0 heterocycles. The molecule has 0 radical (unpaired) electrons. The summed E-state index contributed by atoms with van der Waals surface area (Å²) in [5, 5.41) is 5.91. The van der Waals surface area contributed by atoms with E-state index in [9.17, 15) is 14.4 Å². The van der Waals surface area contributed by atoms with Crippen LogP contribution >= 0.6 is 11.6 Å². The summed E-state index contributed by atoms with van der Waals surface area (Å²) in [6.45, 7) is 0.225. The van der Waals surface area contributed by atoms with Crippen molar-refractivity contribution in [1.29, 1.82) is 0 Å². The quantitative estimate of drug-likeness (QED) is 0.546. The Morgan fingerprint density at radius 3 is 2.39 bits per heavy atom. The lowest BCUT2D eigenvalue weighted by Gasteiger charge is -2.17. The molecule has 8 nitrogen and oxygen atoms in total. The largest absolute Gasteiger partial charge is 0.497 e. The number of likely N-dealkylation sites (N-methyl/N-ethyl adjacent to an activating group) is 1. The normalized spacial score (nSPS) is 10.2. The third-order valence-corrected chi connectivity index (χ3v) is 4.68. The first-order valence-corrected chi connectivity index (χ1v) is 10.0. The molecular weight excluding hydrogens is 422 g/mol. The van der Waals surface area contributed by atoms with Crippen LogP contribution in [-0.2, 0) is 9.59 Å². The van der Waals surface area contributed by atoms with E-state index in [0.29, 0.717) is 40.7 Å². The van der Waals surface area contributed by atoms with Gasteiger partial charge in [0.2, 0.25) is 11.8 Å². The maximum atomic E-state index is 12.3. The summed E-state index contributed by atoms with van der Waals surface area (Å²) in [6.07, 6.45) is 0.655. The Labute approximate surface area is 186 Å². The predicted molar refractivity (Wildman–Crippen MR) is 119 cm³/mol. The molecule has 31 heavy (non-hydrogen) atoms. The molecule has 166 valence electrons. The van der Waals surface area contributed by atoms with Gasteiger partial charge in [-0.3, -0.25) is 14.4 Å². The van der Waals surface area contributed by atoms with E-state index in [1.807, 2.05) is 0 Å². The van der Waals surface area contributed by atoms with Gasteiger partial charge in [-0.25, -0.2) is 0 Å². The van der Waals surface area contributed by atoms with Crippen molar-refractivity contribution >= 4 is 35.0 Å². The van der Waals surface area contributed by atoms with E-state index >= 15 is 0 Å². The van der Waals surface area contributed by atoms with Crippen molar-refractivity contribution in [2.75, 3.05) is 39.7 Å². The highest BCUT2D eigenvalue weighted by Crippen LogP contribution is 2.27. The van der Waals surface area contributed by atoms with E-state index in [2.05, 4.69) is 10.6 Å². The minimum atomic E-state index is -0.371. The van der Waals surface area contributed by atoms with E-state index in [1.165, 1.54) is 12.0 Å². The van der Waals surface area contributed by atoms with Gasteiger partial charge in [0.25, 0.3) is 5.91 Å². The molecule has 0 saturated heterocycles. The van der Waals surface area contributed by atoms with E-state index in [0.717, 1.165) is 0 Å². The zero-order chi connectivity index (χ0) is 22.8. The zero-order valence-corrected chi connectivity index (χ0v) is 18.5. The molecule has 2 rings (SSSR count). The molecule has 0 saturated carbocycles. The van der Waals surface area contributed by atoms with Crippen LogP contribution in [0.4, 0.5) is 5.69 Å². The van der Waals surface area contributed by atoms with Crippen molar-refractivity contribution in [2.45, 2.75) is 12.8 Å². The van der Waals surface area contributed by atoms with Crippen LogP contribution in [0.2, 0.25) is 5.02 Å². The van der Waals surface area contributed by atoms with Crippen LogP contribution in [0.5, 0.6) is 11.5 Å². The number of benzene rings is 2. The lowest BCUT2D eigenvalue weighted by molar-refractivity contribution is -0.133. The maximum Gasteiger partial charge on any atom is 0.251 e. The molecule has 0 fully saturated rings. The summed E-state index contributed by atoms with van der Waals surface area (Å²) >= 11 is 5.95. The van der Waals surface area contributed by atoms with Crippen molar-refractivity contribution in [3.8, 4) is 11.5 Å². The average molecular weight is 448 g/mol. The molecule has 2 aromatic rings. The predicted octanol–water partition coefficient (Wildman–Crippen LogP) is 2.96. The first-order chi connectivity index (χ1) is 14.8. The third-order valence-electron chi connectivity index (χ3n) is 4.45. The number of halogens is 1. The third kappa shape index (κ3) is 7.49. The number of ether oxygens (including phenoxy) is 2. The van der Waals surface area contributed by atoms with Gasteiger partial charge in [-0.15, -0.1) is 0 Å². The summed E-state index contributed by atoms with van der Waals surface area (Å²) in [6, 6.07) is 11.6. The Morgan fingerprint density at radius 1 is 1.03 bits per heavy atom. The summed E-state index contributed by atoms with van der Waals surface area (Å²) in [5.74, 6) is 0.344. The number of nitrogens with zero attached hydrogens (tertiary/aromatic N) is 1. The van der Waals surface area contributed by atoms with Gasteiger partial charge >= 0.3 is 0 Å². The monoisotopic (exact) mass is 447 g/mol. The van der Waals surface area contributed by atoms with Gasteiger partial charge in [-0.05, 0) is 48.9 Å². The molecule has 0 aliphatic heterocycles. The highest BCUT2D eigenvalue weighted by atomic mass is 35.5. The molecule has 0 aromatic heterocycles. The highest BCUT2D eigenvalue weighted by molar-refractivity contribution is 6.31. The number of hydrogen-bond acceptors (Lipinski definition) is 5. The zero-order valence-electron chi connectivity index (χ0n) is 17.7. The number of rotatable bonds is 10. The fraction of sp³-hybridized carbons (Fsp3) is 0.318. The number of nitrogens with one attached hydrogen (secondary N) is 2. The van der Waals surface area contributed by atoms with Gasteiger partial charge in [-0.1, -0.05) is 11.6 Å². The number of hydrogen-bond donors (Lipinski definition) is 2. The average Bonchev–Trinajstić information content (AvgIpc) is 2.76. The van der Waals surface area contributed by atoms with E-state index in [1.54, 1.807) is 56.6 Å². The lowest BCUT2D eigenvalue weighted by atomic mass is 10.2. The Bertz CT molecular complexity index is 918. The van der Waals surface area contributed by atoms with Gasteiger partial charge in [0, 0.05) is 30.6 Å². The van der Waals surface area contributed by atoms with Gasteiger partial charge in [0.05, 0.1) is 26.5 Å². The van der Waals surface area contributed by atoms with Crippen molar-refractivity contribution in [3.63, 3.8) is 0 Å². The summed E-state index contributed by atoms with van der Waals surface area (Å²) in [7, 11) is 4.59. The van der Waals surface area contributed by atoms with Gasteiger partial charge in [-0.2, -0.15) is 0 Å². The Hall–Kier alpha value is -3.26. The minimum absolute atomic E-state index is 0.118. The smallest absolute Gasteiger partial charge is 0.251 e. The molecule has 0 spiro atoms. The van der Waals surface area contributed by atoms with Crippen LogP contribution in [0.15, 0.2) is 42.5 Å². The van der Waals surface area contributed by atoms with Crippen LogP contribution < -0.4 is 20.1 Å². The number of methoxy groups -OCH3 is 2. The summed E-state index contributed by atoms with van der Waals surface area (Å²) in [4.78, 5) is 38.0. The Balaban J connectivity index is 1.73. The molecule has 2 N–H and O–H groups in total. The molecule has 0 atom stereocenters. The van der Waals surface area contributed by atoms with Crippen LogP contribution in [0, 0.1) is 0 Å². The standard InChI is InChI=1S/C22H26ClN3O5/c1-26(14-20(27)25-18-13-16(23)8-11-19(18)31-3)21(28)5-4-12-24-22(29)15-6-9-17(30-2)10-7-15/h6-11,13H,4-5,12,14H2,1-3H3,(H,24,29)(H,25,27). The van der Waals surface area contributed by atoms with Crippen LogP contribution in [0.25, 0.3) is 0 Å². The van der Waals surface area contributed by atoms with Gasteiger partial charge < -0.3 is 25.0 Å².